The Bertz CT molecular complexity index is 1010. The number of aryl methyl sites for hydroxylation is 1. The van der Waals surface area contributed by atoms with E-state index in [2.05, 4.69) is 4.98 Å². The van der Waals surface area contributed by atoms with Crippen LogP contribution in [0.1, 0.15) is 22.5 Å². The van der Waals surface area contributed by atoms with Crippen molar-refractivity contribution in [1.29, 1.82) is 0 Å². The number of halogens is 2. The first-order valence-corrected chi connectivity index (χ1v) is 8.28. The standard InChI is InChI=1S/C20H17F2N3O2/c1-12-10-17(16-7-4-14(22)11-18(16)24-12)20(27)25(9-8-19(23)26)15-5-2-13(21)3-6-15/h2-7,10-11H,8-9H2,1H3,(H2,23,26). The van der Waals surface area contributed by atoms with Gasteiger partial charge in [0.1, 0.15) is 11.6 Å². The minimum atomic E-state index is -0.562. The van der Waals surface area contributed by atoms with Crippen LogP contribution < -0.4 is 10.6 Å². The van der Waals surface area contributed by atoms with E-state index in [1.54, 1.807) is 13.0 Å². The molecule has 1 aromatic heterocycles. The van der Waals surface area contributed by atoms with Crippen LogP contribution in [0.15, 0.2) is 48.5 Å². The predicted molar refractivity (Wildman–Crippen MR) is 98.3 cm³/mol. The Labute approximate surface area is 154 Å². The topological polar surface area (TPSA) is 76.3 Å². The molecule has 27 heavy (non-hydrogen) atoms. The van der Waals surface area contributed by atoms with Gasteiger partial charge in [-0.3, -0.25) is 14.6 Å². The number of amides is 2. The van der Waals surface area contributed by atoms with Crippen molar-refractivity contribution in [3.63, 3.8) is 0 Å². The number of aromatic nitrogens is 1. The van der Waals surface area contributed by atoms with Gasteiger partial charge in [0.05, 0.1) is 11.1 Å². The summed E-state index contributed by atoms with van der Waals surface area (Å²) in [5, 5.41) is 0.484. The molecule has 0 saturated carbocycles. The molecule has 7 heteroatoms. The van der Waals surface area contributed by atoms with Gasteiger partial charge >= 0.3 is 0 Å². The fourth-order valence-corrected chi connectivity index (χ4v) is 2.85. The van der Waals surface area contributed by atoms with Gasteiger partial charge in [-0.05, 0) is 49.4 Å². The normalized spacial score (nSPS) is 10.8. The zero-order valence-electron chi connectivity index (χ0n) is 14.6. The van der Waals surface area contributed by atoms with Crippen LogP contribution in [-0.2, 0) is 4.79 Å². The minimum Gasteiger partial charge on any atom is -0.370 e. The number of anilines is 1. The first kappa shape index (κ1) is 18.4. The molecule has 3 aromatic rings. The Hall–Kier alpha value is -3.35. The van der Waals surface area contributed by atoms with E-state index < -0.39 is 23.4 Å². The monoisotopic (exact) mass is 369 g/mol. The Balaban J connectivity index is 2.09. The third-order valence-corrected chi connectivity index (χ3v) is 4.10. The lowest BCUT2D eigenvalue weighted by molar-refractivity contribution is -0.117. The Morgan fingerprint density at radius 3 is 2.37 bits per heavy atom. The third kappa shape index (κ3) is 4.08. The lowest BCUT2D eigenvalue weighted by Crippen LogP contribution is -2.34. The summed E-state index contributed by atoms with van der Waals surface area (Å²) >= 11 is 0. The molecule has 2 aromatic carbocycles. The quantitative estimate of drug-likeness (QED) is 0.749. The van der Waals surface area contributed by atoms with Crippen molar-refractivity contribution in [2.45, 2.75) is 13.3 Å². The summed E-state index contributed by atoms with van der Waals surface area (Å²) in [7, 11) is 0. The molecule has 138 valence electrons. The van der Waals surface area contributed by atoms with E-state index in [1.807, 2.05) is 0 Å². The van der Waals surface area contributed by atoms with Crippen LogP contribution in [-0.4, -0.2) is 23.3 Å². The van der Waals surface area contributed by atoms with Crippen LogP contribution in [0.4, 0.5) is 14.5 Å². The van der Waals surface area contributed by atoms with E-state index >= 15 is 0 Å². The third-order valence-electron chi connectivity index (χ3n) is 4.10. The van der Waals surface area contributed by atoms with Gasteiger partial charge in [-0.25, -0.2) is 8.78 Å². The number of primary amides is 1. The molecule has 0 saturated heterocycles. The molecular formula is C20H17F2N3O2. The zero-order valence-corrected chi connectivity index (χ0v) is 14.6. The highest BCUT2D eigenvalue weighted by atomic mass is 19.1. The molecule has 0 aliphatic rings. The summed E-state index contributed by atoms with van der Waals surface area (Å²) in [5.74, 6) is -1.87. The van der Waals surface area contributed by atoms with Crippen LogP contribution in [0, 0.1) is 18.6 Å². The van der Waals surface area contributed by atoms with Crippen LogP contribution in [0.5, 0.6) is 0 Å². The summed E-state index contributed by atoms with van der Waals surface area (Å²) < 4.78 is 26.8. The molecule has 0 aliphatic carbocycles. The molecule has 0 radical (unpaired) electrons. The maximum atomic E-state index is 13.5. The maximum absolute atomic E-state index is 13.5. The first-order valence-electron chi connectivity index (χ1n) is 8.28. The summed E-state index contributed by atoms with van der Waals surface area (Å²) in [4.78, 5) is 30.1. The molecule has 0 unspecified atom stereocenters. The molecule has 3 rings (SSSR count). The number of benzene rings is 2. The lowest BCUT2D eigenvalue weighted by atomic mass is 10.1. The number of rotatable bonds is 5. The zero-order chi connectivity index (χ0) is 19.6. The van der Waals surface area contributed by atoms with Gasteiger partial charge in [0.15, 0.2) is 0 Å². The van der Waals surface area contributed by atoms with E-state index in [9.17, 15) is 18.4 Å². The number of nitrogens with two attached hydrogens (primary N) is 1. The van der Waals surface area contributed by atoms with Crippen LogP contribution in [0.25, 0.3) is 10.9 Å². The average molecular weight is 369 g/mol. The van der Waals surface area contributed by atoms with Crippen LogP contribution >= 0.6 is 0 Å². The van der Waals surface area contributed by atoms with E-state index in [0.29, 0.717) is 27.8 Å². The highest BCUT2D eigenvalue weighted by Gasteiger charge is 2.21. The molecule has 0 spiro atoms. The highest BCUT2D eigenvalue weighted by molar-refractivity contribution is 6.13. The Morgan fingerprint density at radius 1 is 1.04 bits per heavy atom. The van der Waals surface area contributed by atoms with Gasteiger partial charge in [-0.15, -0.1) is 0 Å². The number of fused-ring (bicyclic) bond motifs is 1. The van der Waals surface area contributed by atoms with Gasteiger partial charge in [-0.1, -0.05) is 0 Å². The van der Waals surface area contributed by atoms with Crippen LogP contribution in [0.2, 0.25) is 0 Å². The van der Waals surface area contributed by atoms with Crippen LogP contribution in [0.3, 0.4) is 0 Å². The van der Waals surface area contributed by atoms with Crippen molar-refractivity contribution < 1.29 is 18.4 Å². The molecule has 2 N–H and O–H groups in total. The van der Waals surface area contributed by atoms with Crippen molar-refractivity contribution in [2.24, 2.45) is 5.73 Å². The van der Waals surface area contributed by atoms with Crippen molar-refractivity contribution in [3.05, 3.63) is 71.4 Å². The largest absolute Gasteiger partial charge is 0.370 e. The first-order chi connectivity index (χ1) is 12.8. The van der Waals surface area contributed by atoms with Crippen molar-refractivity contribution in [2.75, 3.05) is 11.4 Å². The number of pyridine rings is 1. The minimum absolute atomic E-state index is 0.0316. The van der Waals surface area contributed by atoms with Gasteiger partial charge in [0.2, 0.25) is 5.91 Å². The molecule has 0 bridgehead atoms. The van der Waals surface area contributed by atoms with Crippen molar-refractivity contribution >= 4 is 28.4 Å². The molecule has 5 nitrogen and oxygen atoms in total. The average Bonchev–Trinajstić information content (AvgIpc) is 2.61. The second-order valence-corrected chi connectivity index (χ2v) is 6.12. The number of nitrogens with zero attached hydrogens (tertiary/aromatic N) is 2. The molecule has 0 atom stereocenters. The number of hydrogen-bond donors (Lipinski definition) is 1. The predicted octanol–water partition coefficient (Wildman–Crippen LogP) is 3.34. The summed E-state index contributed by atoms with van der Waals surface area (Å²) in [6, 6.07) is 10.9. The van der Waals surface area contributed by atoms with E-state index in [-0.39, 0.29) is 13.0 Å². The fourth-order valence-electron chi connectivity index (χ4n) is 2.85. The summed E-state index contributed by atoms with van der Waals surface area (Å²) in [6.45, 7) is 1.73. The second-order valence-electron chi connectivity index (χ2n) is 6.12. The molecular weight excluding hydrogens is 352 g/mol. The maximum Gasteiger partial charge on any atom is 0.259 e. The SMILES string of the molecule is Cc1cc(C(=O)N(CCC(N)=O)c2ccc(F)cc2)c2ccc(F)cc2n1. The van der Waals surface area contributed by atoms with E-state index in [0.717, 1.165) is 0 Å². The Morgan fingerprint density at radius 2 is 1.70 bits per heavy atom. The number of carbonyl (C=O) groups is 2. The van der Waals surface area contributed by atoms with Crippen molar-refractivity contribution in [1.82, 2.24) is 4.98 Å². The number of hydrogen-bond acceptors (Lipinski definition) is 3. The van der Waals surface area contributed by atoms with Gasteiger partial charge < -0.3 is 10.6 Å². The molecule has 0 fully saturated rings. The van der Waals surface area contributed by atoms with Gasteiger partial charge in [0.25, 0.3) is 5.91 Å². The molecule has 0 aliphatic heterocycles. The van der Waals surface area contributed by atoms with Gasteiger partial charge in [-0.2, -0.15) is 0 Å². The molecule has 1 heterocycles. The molecule has 2 amide bonds. The second kappa shape index (κ2) is 7.49. The van der Waals surface area contributed by atoms with Crippen molar-refractivity contribution in [3.8, 4) is 0 Å². The summed E-state index contributed by atoms with van der Waals surface area (Å²) in [6.07, 6.45) is -0.0558. The fraction of sp³-hybridized carbons (Fsp3) is 0.150. The highest BCUT2D eigenvalue weighted by Crippen LogP contribution is 2.24. The van der Waals surface area contributed by atoms with Gasteiger partial charge in [0, 0.05) is 35.8 Å². The lowest BCUT2D eigenvalue weighted by Gasteiger charge is -2.23. The number of carbonyl (C=O) groups excluding carboxylic acids is 2. The smallest absolute Gasteiger partial charge is 0.259 e. The summed E-state index contributed by atoms with van der Waals surface area (Å²) in [5.41, 5.74) is 6.86. The Kier molecular flexibility index (Phi) is 5.12. The van der Waals surface area contributed by atoms with E-state index in [4.69, 9.17) is 5.73 Å². The van der Waals surface area contributed by atoms with E-state index in [1.165, 1.54) is 47.4 Å².